The first kappa shape index (κ1) is 13.2. The molecule has 0 aliphatic heterocycles. The number of aromatic nitrogens is 2. The molecule has 5 N–H and O–H groups in total. The van der Waals surface area contributed by atoms with Crippen molar-refractivity contribution in [2.24, 2.45) is 0 Å². The quantitative estimate of drug-likeness (QED) is 0.613. The Bertz CT molecular complexity index is 577. The van der Waals surface area contributed by atoms with Gasteiger partial charge in [0.2, 0.25) is 5.91 Å². The fraction of sp³-hybridized carbons (Fsp3) is 0.385. The van der Waals surface area contributed by atoms with E-state index in [2.05, 4.69) is 20.8 Å². The van der Waals surface area contributed by atoms with Crippen LogP contribution in [0.1, 0.15) is 20.3 Å². The highest BCUT2D eigenvalue weighted by Gasteiger charge is 2.13. The van der Waals surface area contributed by atoms with Gasteiger partial charge in [0.1, 0.15) is 6.04 Å². The van der Waals surface area contributed by atoms with E-state index in [1.165, 1.54) is 0 Å². The zero-order valence-electron chi connectivity index (χ0n) is 11.2. The first-order valence-corrected chi connectivity index (χ1v) is 6.38. The van der Waals surface area contributed by atoms with Gasteiger partial charge in [-0.15, -0.1) is 0 Å². The number of hydrogen-bond donors (Lipinski definition) is 4. The van der Waals surface area contributed by atoms with Gasteiger partial charge in [-0.3, -0.25) is 9.89 Å². The van der Waals surface area contributed by atoms with Gasteiger partial charge in [-0.2, -0.15) is 5.10 Å². The average molecular weight is 261 g/mol. The number of anilines is 2. The van der Waals surface area contributed by atoms with Crippen LogP contribution in [0.4, 0.5) is 11.4 Å². The van der Waals surface area contributed by atoms with Crippen LogP contribution in [-0.4, -0.2) is 28.7 Å². The van der Waals surface area contributed by atoms with Crippen LogP contribution in [0.3, 0.4) is 0 Å². The lowest BCUT2D eigenvalue weighted by atomic mass is 10.2. The summed E-state index contributed by atoms with van der Waals surface area (Å²) in [5.41, 5.74) is 8.18. The molecule has 6 nitrogen and oxygen atoms in total. The first-order chi connectivity index (χ1) is 9.11. The smallest absolute Gasteiger partial charge is 0.242 e. The number of nitrogens with two attached hydrogens (primary N) is 1. The van der Waals surface area contributed by atoms with Crippen LogP contribution in [0, 0.1) is 0 Å². The summed E-state index contributed by atoms with van der Waals surface area (Å²) < 4.78 is 0. The van der Waals surface area contributed by atoms with Gasteiger partial charge < -0.3 is 16.4 Å². The SMILES string of the molecule is CCCNC(=O)C(C)Nc1cc2[nH]ncc2cc1N. The normalized spacial score (nSPS) is 12.3. The van der Waals surface area contributed by atoms with Crippen molar-refractivity contribution in [3.05, 3.63) is 18.3 Å². The minimum atomic E-state index is -0.339. The number of nitrogens with zero attached hydrogens (tertiary/aromatic N) is 1. The molecule has 0 bridgehead atoms. The van der Waals surface area contributed by atoms with Gasteiger partial charge in [0, 0.05) is 11.9 Å². The summed E-state index contributed by atoms with van der Waals surface area (Å²) in [6, 6.07) is 3.35. The Balaban J connectivity index is 2.11. The second-order valence-electron chi connectivity index (χ2n) is 4.55. The number of carbonyl (C=O) groups is 1. The summed E-state index contributed by atoms with van der Waals surface area (Å²) in [4.78, 5) is 11.8. The highest BCUT2D eigenvalue weighted by Crippen LogP contribution is 2.25. The lowest BCUT2D eigenvalue weighted by Crippen LogP contribution is -2.38. The summed E-state index contributed by atoms with van der Waals surface area (Å²) in [5, 5.41) is 13.7. The largest absolute Gasteiger partial charge is 0.397 e. The molecular weight excluding hydrogens is 242 g/mol. The number of H-pyrrole nitrogens is 1. The minimum Gasteiger partial charge on any atom is -0.397 e. The standard InChI is InChI=1S/C13H19N5O/c1-3-4-15-13(19)8(2)17-12-6-11-9(5-10(12)14)7-16-18-11/h5-8,17H,3-4,14H2,1-2H3,(H,15,19)(H,16,18). The second kappa shape index (κ2) is 5.60. The molecule has 1 unspecified atom stereocenters. The Kier molecular flexibility index (Phi) is 3.89. The van der Waals surface area contributed by atoms with Crippen molar-refractivity contribution in [3.63, 3.8) is 0 Å². The van der Waals surface area contributed by atoms with Crippen molar-refractivity contribution in [2.45, 2.75) is 26.3 Å². The van der Waals surface area contributed by atoms with Crippen LogP contribution in [0.25, 0.3) is 10.9 Å². The molecule has 1 amide bonds. The van der Waals surface area contributed by atoms with Gasteiger partial charge >= 0.3 is 0 Å². The first-order valence-electron chi connectivity index (χ1n) is 6.38. The van der Waals surface area contributed by atoms with Gasteiger partial charge in [0.15, 0.2) is 0 Å². The molecule has 0 aliphatic rings. The number of hydrogen-bond acceptors (Lipinski definition) is 4. The third-order valence-corrected chi connectivity index (χ3v) is 2.92. The Hall–Kier alpha value is -2.24. The zero-order valence-corrected chi connectivity index (χ0v) is 11.2. The maximum Gasteiger partial charge on any atom is 0.242 e. The lowest BCUT2D eigenvalue weighted by Gasteiger charge is -2.16. The van der Waals surface area contributed by atoms with Gasteiger partial charge in [-0.05, 0) is 25.5 Å². The number of carbonyl (C=O) groups excluding carboxylic acids is 1. The third-order valence-electron chi connectivity index (χ3n) is 2.92. The van der Waals surface area contributed by atoms with Crippen LogP contribution in [0.15, 0.2) is 18.3 Å². The summed E-state index contributed by atoms with van der Waals surface area (Å²) in [6.45, 7) is 4.50. The van der Waals surface area contributed by atoms with Crippen molar-refractivity contribution in [2.75, 3.05) is 17.6 Å². The van der Waals surface area contributed by atoms with Gasteiger partial charge in [0.05, 0.1) is 23.1 Å². The van der Waals surface area contributed by atoms with E-state index in [1.54, 1.807) is 6.20 Å². The molecule has 1 aromatic heterocycles. The van der Waals surface area contributed by atoms with Gasteiger partial charge in [-0.25, -0.2) is 0 Å². The van der Waals surface area contributed by atoms with Crippen LogP contribution in [0.5, 0.6) is 0 Å². The zero-order chi connectivity index (χ0) is 13.8. The molecule has 2 aromatic rings. The predicted molar refractivity (Wildman–Crippen MR) is 76.9 cm³/mol. The van der Waals surface area contributed by atoms with E-state index in [0.29, 0.717) is 12.2 Å². The fourth-order valence-corrected chi connectivity index (χ4v) is 1.83. The summed E-state index contributed by atoms with van der Waals surface area (Å²) in [7, 11) is 0. The number of nitrogens with one attached hydrogen (secondary N) is 3. The van der Waals surface area contributed by atoms with Crippen molar-refractivity contribution < 1.29 is 4.79 Å². The number of rotatable bonds is 5. The molecule has 102 valence electrons. The highest BCUT2D eigenvalue weighted by molar-refractivity contribution is 5.91. The molecule has 0 spiro atoms. The molecule has 2 rings (SSSR count). The molecule has 0 radical (unpaired) electrons. The number of nitrogen functional groups attached to an aromatic ring is 1. The summed E-state index contributed by atoms with van der Waals surface area (Å²) in [5.74, 6) is -0.0362. The van der Waals surface area contributed by atoms with E-state index in [9.17, 15) is 4.79 Å². The molecule has 1 atom stereocenters. The maximum atomic E-state index is 11.8. The highest BCUT2D eigenvalue weighted by atomic mass is 16.2. The molecule has 0 fully saturated rings. The van der Waals surface area contributed by atoms with E-state index in [-0.39, 0.29) is 11.9 Å². The van der Waals surface area contributed by atoms with E-state index >= 15 is 0 Å². The molecule has 0 saturated carbocycles. The molecule has 1 heterocycles. The predicted octanol–water partition coefficient (Wildman–Crippen LogP) is 1.47. The molecule has 0 saturated heterocycles. The molecule has 19 heavy (non-hydrogen) atoms. The number of fused-ring (bicyclic) bond motifs is 1. The third kappa shape index (κ3) is 2.96. The summed E-state index contributed by atoms with van der Waals surface area (Å²) >= 11 is 0. The Morgan fingerprint density at radius 1 is 1.53 bits per heavy atom. The van der Waals surface area contributed by atoms with Crippen molar-refractivity contribution in [1.82, 2.24) is 15.5 Å². The van der Waals surface area contributed by atoms with Crippen LogP contribution in [-0.2, 0) is 4.79 Å². The van der Waals surface area contributed by atoms with Crippen molar-refractivity contribution in [1.29, 1.82) is 0 Å². The monoisotopic (exact) mass is 261 g/mol. The number of amides is 1. The Labute approximate surface area is 111 Å². The topological polar surface area (TPSA) is 95.8 Å². The molecular formula is C13H19N5O. The van der Waals surface area contributed by atoms with Crippen LogP contribution >= 0.6 is 0 Å². The Morgan fingerprint density at radius 3 is 3.05 bits per heavy atom. The fourth-order valence-electron chi connectivity index (χ4n) is 1.83. The molecule has 6 heteroatoms. The van der Waals surface area contributed by atoms with Crippen LogP contribution < -0.4 is 16.4 Å². The lowest BCUT2D eigenvalue weighted by molar-refractivity contribution is -0.121. The van der Waals surface area contributed by atoms with E-state index < -0.39 is 0 Å². The Morgan fingerprint density at radius 2 is 2.32 bits per heavy atom. The van der Waals surface area contributed by atoms with E-state index in [1.807, 2.05) is 26.0 Å². The van der Waals surface area contributed by atoms with E-state index in [0.717, 1.165) is 23.0 Å². The van der Waals surface area contributed by atoms with Gasteiger partial charge in [-0.1, -0.05) is 6.92 Å². The molecule has 1 aromatic carbocycles. The number of aromatic amines is 1. The van der Waals surface area contributed by atoms with Crippen molar-refractivity contribution >= 4 is 28.2 Å². The molecule has 0 aliphatic carbocycles. The second-order valence-corrected chi connectivity index (χ2v) is 4.55. The van der Waals surface area contributed by atoms with Gasteiger partial charge in [0.25, 0.3) is 0 Å². The minimum absolute atomic E-state index is 0.0362. The summed E-state index contributed by atoms with van der Waals surface area (Å²) in [6.07, 6.45) is 2.63. The van der Waals surface area contributed by atoms with Crippen molar-refractivity contribution in [3.8, 4) is 0 Å². The van der Waals surface area contributed by atoms with E-state index in [4.69, 9.17) is 5.73 Å². The maximum absolute atomic E-state index is 11.8. The number of benzene rings is 1. The van der Waals surface area contributed by atoms with Crippen LogP contribution in [0.2, 0.25) is 0 Å². The average Bonchev–Trinajstić information content (AvgIpc) is 2.83.